The lowest BCUT2D eigenvalue weighted by atomic mass is 10.2. The lowest BCUT2D eigenvalue weighted by molar-refractivity contribution is -0.141. The van der Waals surface area contributed by atoms with Gasteiger partial charge in [-0.2, -0.15) is 0 Å². The zero-order chi connectivity index (χ0) is 10.6. The highest BCUT2D eigenvalue weighted by Gasteiger charge is 2.15. The molecule has 0 aromatic carbocycles. The van der Waals surface area contributed by atoms with Gasteiger partial charge in [0.25, 0.3) is 0 Å². The third-order valence-electron chi connectivity index (χ3n) is 1.82. The summed E-state index contributed by atoms with van der Waals surface area (Å²) < 4.78 is 9.62. The van der Waals surface area contributed by atoms with Crippen molar-refractivity contribution >= 4 is 5.97 Å². The van der Waals surface area contributed by atoms with Gasteiger partial charge in [0.15, 0.2) is 0 Å². The zero-order valence-electron chi connectivity index (χ0n) is 7.90. The van der Waals surface area contributed by atoms with Gasteiger partial charge in [-0.15, -0.1) is 0 Å². The van der Waals surface area contributed by atoms with Crippen molar-refractivity contribution in [2.24, 2.45) is 5.73 Å². The first-order valence-corrected chi connectivity index (χ1v) is 4.19. The first kappa shape index (κ1) is 10.7. The first-order chi connectivity index (χ1) is 6.67. The van der Waals surface area contributed by atoms with Gasteiger partial charge in [0.1, 0.15) is 18.1 Å². The molecule has 0 saturated heterocycles. The van der Waals surface area contributed by atoms with E-state index in [0.29, 0.717) is 11.5 Å². The quantitative estimate of drug-likeness (QED) is 0.683. The standard InChI is InChI=1S/C9H13NO4/c1-13-9(12)4-7(10)8-3-2-6(5-11)14-8/h2-3,7,11H,4-5,10H2,1H3/t7-/m1/s1. The van der Waals surface area contributed by atoms with Crippen LogP contribution in [-0.2, 0) is 16.1 Å². The molecule has 0 bridgehead atoms. The van der Waals surface area contributed by atoms with Gasteiger partial charge >= 0.3 is 5.97 Å². The third kappa shape index (κ3) is 2.58. The fraction of sp³-hybridized carbons (Fsp3) is 0.444. The van der Waals surface area contributed by atoms with E-state index in [1.807, 2.05) is 0 Å². The molecule has 0 radical (unpaired) electrons. The van der Waals surface area contributed by atoms with Crippen molar-refractivity contribution in [2.45, 2.75) is 19.1 Å². The molecule has 0 aliphatic heterocycles. The van der Waals surface area contributed by atoms with E-state index in [1.165, 1.54) is 7.11 Å². The van der Waals surface area contributed by atoms with Crippen LogP contribution < -0.4 is 5.73 Å². The minimum absolute atomic E-state index is 0.0644. The minimum atomic E-state index is -0.525. The highest BCUT2D eigenvalue weighted by molar-refractivity contribution is 5.70. The Hall–Kier alpha value is -1.33. The van der Waals surface area contributed by atoms with Crippen molar-refractivity contribution in [1.82, 2.24) is 0 Å². The Morgan fingerprint density at radius 3 is 2.93 bits per heavy atom. The van der Waals surface area contributed by atoms with Crippen LogP contribution in [0, 0.1) is 0 Å². The molecule has 1 rings (SSSR count). The average molecular weight is 199 g/mol. The van der Waals surface area contributed by atoms with Crippen LogP contribution in [0.5, 0.6) is 0 Å². The molecule has 0 aliphatic carbocycles. The normalized spacial score (nSPS) is 12.5. The Balaban J connectivity index is 2.60. The SMILES string of the molecule is COC(=O)C[C@@H](N)c1ccc(CO)o1. The molecule has 3 N–H and O–H groups in total. The maximum Gasteiger partial charge on any atom is 0.307 e. The van der Waals surface area contributed by atoms with Gasteiger partial charge in [0, 0.05) is 0 Å². The molecule has 0 fully saturated rings. The van der Waals surface area contributed by atoms with Gasteiger partial charge in [-0.05, 0) is 12.1 Å². The lowest BCUT2D eigenvalue weighted by Crippen LogP contribution is -2.15. The third-order valence-corrected chi connectivity index (χ3v) is 1.82. The molecule has 0 unspecified atom stereocenters. The van der Waals surface area contributed by atoms with E-state index in [-0.39, 0.29) is 19.0 Å². The summed E-state index contributed by atoms with van der Waals surface area (Å²) >= 11 is 0. The number of hydrogen-bond donors (Lipinski definition) is 2. The smallest absolute Gasteiger partial charge is 0.307 e. The highest BCUT2D eigenvalue weighted by Crippen LogP contribution is 2.17. The number of carbonyl (C=O) groups excluding carboxylic acids is 1. The van der Waals surface area contributed by atoms with Gasteiger partial charge in [-0.3, -0.25) is 4.79 Å². The molecular weight excluding hydrogens is 186 g/mol. The number of nitrogens with two attached hydrogens (primary N) is 1. The van der Waals surface area contributed by atoms with Crippen LogP contribution in [0.1, 0.15) is 24.0 Å². The summed E-state index contributed by atoms with van der Waals surface area (Å²) in [6.07, 6.45) is 0.0644. The summed E-state index contributed by atoms with van der Waals surface area (Å²) in [7, 11) is 1.30. The second-order valence-corrected chi connectivity index (χ2v) is 2.85. The molecule has 1 aromatic heterocycles. The van der Waals surface area contributed by atoms with Crippen molar-refractivity contribution in [3.63, 3.8) is 0 Å². The molecule has 0 aliphatic rings. The molecule has 0 spiro atoms. The second-order valence-electron chi connectivity index (χ2n) is 2.85. The number of rotatable bonds is 4. The van der Waals surface area contributed by atoms with Crippen LogP contribution in [0.15, 0.2) is 16.5 Å². The number of hydrogen-bond acceptors (Lipinski definition) is 5. The van der Waals surface area contributed by atoms with Crippen LogP contribution in [0.2, 0.25) is 0 Å². The molecule has 0 saturated carbocycles. The fourth-order valence-corrected chi connectivity index (χ4v) is 1.04. The Morgan fingerprint density at radius 1 is 1.71 bits per heavy atom. The van der Waals surface area contributed by atoms with E-state index in [9.17, 15) is 4.79 Å². The summed E-state index contributed by atoms with van der Waals surface area (Å²) in [5, 5.41) is 8.73. The Bertz CT molecular complexity index is 308. The minimum Gasteiger partial charge on any atom is -0.469 e. The van der Waals surface area contributed by atoms with Crippen molar-refractivity contribution in [3.05, 3.63) is 23.7 Å². The van der Waals surface area contributed by atoms with Crippen molar-refractivity contribution in [2.75, 3.05) is 7.11 Å². The Labute approximate surface area is 81.5 Å². The molecule has 1 atom stereocenters. The molecule has 0 amide bonds. The Kier molecular flexibility index (Phi) is 3.67. The summed E-state index contributed by atoms with van der Waals surface area (Å²) in [5.74, 6) is 0.513. The number of aliphatic hydroxyl groups is 1. The summed E-state index contributed by atoms with van der Waals surface area (Å²) in [6.45, 7) is -0.176. The molecule has 78 valence electrons. The van der Waals surface area contributed by atoms with Crippen LogP contribution in [0.4, 0.5) is 0 Å². The second kappa shape index (κ2) is 4.78. The van der Waals surface area contributed by atoms with Gasteiger partial charge in [0.05, 0.1) is 19.6 Å². The maximum atomic E-state index is 10.9. The van der Waals surface area contributed by atoms with E-state index >= 15 is 0 Å². The number of carbonyl (C=O) groups is 1. The topological polar surface area (TPSA) is 85.7 Å². The van der Waals surface area contributed by atoms with Gasteiger partial charge in [-0.1, -0.05) is 0 Å². The van der Waals surface area contributed by atoms with E-state index in [0.717, 1.165) is 0 Å². The molecule has 1 aromatic rings. The van der Waals surface area contributed by atoms with Crippen LogP contribution in [-0.4, -0.2) is 18.2 Å². The molecular formula is C9H13NO4. The lowest BCUT2D eigenvalue weighted by Gasteiger charge is -2.06. The van der Waals surface area contributed by atoms with Gasteiger partial charge in [0.2, 0.25) is 0 Å². The van der Waals surface area contributed by atoms with Crippen LogP contribution >= 0.6 is 0 Å². The van der Waals surface area contributed by atoms with Crippen LogP contribution in [0.25, 0.3) is 0 Å². The average Bonchev–Trinajstić information content (AvgIpc) is 2.65. The number of ether oxygens (including phenoxy) is 1. The van der Waals surface area contributed by atoms with E-state index in [2.05, 4.69) is 4.74 Å². The predicted octanol–water partition coefficient (Wildman–Crippen LogP) is 0.335. The van der Waals surface area contributed by atoms with E-state index in [4.69, 9.17) is 15.3 Å². The molecule has 14 heavy (non-hydrogen) atoms. The van der Waals surface area contributed by atoms with E-state index < -0.39 is 6.04 Å². The Morgan fingerprint density at radius 2 is 2.43 bits per heavy atom. The maximum absolute atomic E-state index is 10.9. The summed E-state index contributed by atoms with van der Waals surface area (Å²) in [4.78, 5) is 10.9. The van der Waals surface area contributed by atoms with Crippen LogP contribution in [0.3, 0.4) is 0 Å². The molecule has 5 heteroatoms. The van der Waals surface area contributed by atoms with Crippen molar-refractivity contribution in [1.29, 1.82) is 0 Å². The van der Waals surface area contributed by atoms with Gasteiger partial charge in [-0.25, -0.2) is 0 Å². The predicted molar refractivity (Wildman–Crippen MR) is 48.2 cm³/mol. The first-order valence-electron chi connectivity index (χ1n) is 4.19. The molecule has 5 nitrogen and oxygen atoms in total. The molecule has 1 heterocycles. The van der Waals surface area contributed by atoms with E-state index in [1.54, 1.807) is 12.1 Å². The van der Waals surface area contributed by atoms with Crippen molar-refractivity contribution in [3.8, 4) is 0 Å². The number of methoxy groups -OCH3 is 1. The monoisotopic (exact) mass is 199 g/mol. The summed E-state index contributed by atoms with van der Waals surface area (Å²) in [6, 6.07) is 2.73. The number of furan rings is 1. The van der Waals surface area contributed by atoms with Crippen molar-refractivity contribution < 1.29 is 19.1 Å². The largest absolute Gasteiger partial charge is 0.469 e. The number of aliphatic hydroxyl groups excluding tert-OH is 1. The number of esters is 1. The van der Waals surface area contributed by atoms with Gasteiger partial charge < -0.3 is 20.0 Å². The fourth-order valence-electron chi connectivity index (χ4n) is 1.04. The summed E-state index contributed by atoms with van der Waals surface area (Å²) in [5.41, 5.74) is 5.66. The highest BCUT2D eigenvalue weighted by atomic mass is 16.5. The zero-order valence-corrected chi connectivity index (χ0v) is 7.90.